The molecule has 0 amide bonds. The van der Waals surface area contributed by atoms with Crippen LogP contribution >= 0.6 is 0 Å². The Morgan fingerprint density at radius 3 is 2.82 bits per heavy atom. The van der Waals surface area contributed by atoms with Gasteiger partial charge in [0.15, 0.2) is 0 Å². The monoisotopic (exact) mass is 294 g/mol. The van der Waals surface area contributed by atoms with E-state index < -0.39 is 0 Å². The van der Waals surface area contributed by atoms with Gasteiger partial charge in [-0.2, -0.15) is 0 Å². The molecule has 5 unspecified atom stereocenters. The normalized spacial score (nSPS) is 49.6. The van der Waals surface area contributed by atoms with Crippen LogP contribution in [-0.2, 0) is 0 Å². The summed E-state index contributed by atoms with van der Waals surface area (Å²) >= 11 is 0. The van der Waals surface area contributed by atoms with Gasteiger partial charge in [0.25, 0.3) is 0 Å². The van der Waals surface area contributed by atoms with E-state index in [-0.39, 0.29) is 0 Å². The first-order valence-electron chi connectivity index (χ1n) is 9.22. The fourth-order valence-electron chi connectivity index (χ4n) is 6.40. The Morgan fingerprint density at radius 1 is 1.23 bits per heavy atom. The minimum Gasteiger partial charge on any atom is -0.0988 e. The second-order valence-corrected chi connectivity index (χ2v) is 8.66. The third-order valence-corrected chi connectivity index (χ3v) is 7.72. The lowest BCUT2D eigenvalue weighted by Gasteiger charge is -2.57. The van der Waals surface area contributed by atoms with E-state index >= 15 is 0 Å². The Balaban J connectivity index is 1.69. The van der Waals surface area contributed by atoms with Crippen LogP contribution in [0.25, 0.3) is 0 Å². The smallest absolute Gasteiger partial charge is 0.00938 e. The van der Waals surface area contributed by atoms with Gasteiger partial charge >= 0.3 is 0 Å². The van der Waals surface area contributed by atoms with E-state index in [2.05, 4.69) is 57.7 Å². The van der Waals surface area contributed by atoms with Crippen LogP contribution in [0.2, 0.25) is 0 Å². The first kappa shape index (κ1) is 14.5. The average molecular weight is 294 g/mol. The molecule has 0 aromatic rings. The van der Waals surface area contributed by atoms with Crippen molar-refractivity contribution < 1.29 is 0 Å². The number of hydrogen-bond acceptors (Lipinski definition) is 0. The van der Waals surface area contributed by atoms with E-state index in [1.807, 2.05) is 0 Å². The summed E-state index contributed by atoms with van der Waals surface area (Å²) in [6, 6.07) is 0. The van der Waals surface area contributed by atoms with Gasteiger partial charge in [0.2, 0.25) is 0 Å². The van der Waals surface area contributed by atoms with E-state index in [1.165, 1.54) is 37.7 Å². The molecule has 4 rings (SSSR count). The SMILES string of the molecule is C=CC1=CCC2C3CCC4=C[C@@H](C)C=CC4(C)C3CCC12C. The standard InChI is InChI=1S/C22H30/c1-5-16-7-9-19-18-8-6-17-14-15(2)10-12-22(17,4)20(18)11-13-21(16,19)3/h5,7,10,12,14-15,18-20H,1,6,8-9,11,13H2,2-4H3/t15-,18?,19?,20?,21?,22?/m0/s1. The number of allylic oxidation sites excluding steroid dienone is 7. The van der Waals surface area contributed by atoms with Crippen molar-refractivity contribution >= 4 is 0 Å². The predicted molar refractivity (Wildman–Crippen MR) is 94.4 cm³/mol. The highest BCUT2D eigenvalue weighted by Crippen LogP contribution is 2.64. The summed E-state index contributed by atoms with van der Waals surface area (Å²) in [6.07, 6.45) is 19.0. The van der Waals surface area contributed by atoms with Crippen molar-refractivity contribution in [3.63, 3.8) is 0 Å². The third-order valence-electron chi connectivity index (χ3n) is 7.72. The molecule has 0 aromatic carbocycles. The Hall–Kier alpha value is -1.04. The molecule has 0 aromatic heterocycles. The van der Waals surface area contributed by atoms with Gasteiger partial charge in [0.1, 0.15) is 0 Å². The topological polar surface area (TPSA) is 0 Å². The van der Waals surface area contributed by atoms with Crippen molar-refractivity contribution in [2.24, 2.45) is 34.5 Å². The van der Waals surface area contributed by atoms with Crippen molar-refractivity contribution in [2.45, 2.75) is 52.9 Å². The molecule has 2 saturated carbocycles. The minimum atomic E-state index is 0.341. The van der Waals surface area contributed by atoms with Crippen molar-refractivity contribution in [3.8, 4) is 0 Å². The van der Waals surface area contributed by atoms with Crippen LogP contribution in [0.3, 0.4) is 0 Å². The van der Waals surface area contributed by atoms with Crippen molar-refractivity contribution in [1.82, 2.24) is 0 Å². The van der Waals surface area contributed by atoms with Gasteiger partial charge in [0, 0.05) is 5.41 Å². The molecule has 4 aliphatic carbocycles. The minimum absolute atomic E-state index is 0.341. The maximum Gasteiger partial charge on any atom is 0.00938 e. The predicted octanol–water partition coefficient (Wildman–Crippen LogP) is 6.08. The number of hydrogen-bond donors (Lipinski definition) is 0. The fourth-order valence-corrected chi connectivity index (χ4v) is 6.40. The van der Waals surface area contributed by atoms with E-state index in [0.717, 1.165) is 17.8 Å². The van der Waals surface area contributed by atoms with Gasteiger partial charge in [-0.1, -0.05) is 63.3 Å². The molecule has 0 N–H and O–H groups in total. The van der Waals surface area contributed by atoms with Crippen molar-refractivity contribution in [1.29, 1.82) is 0 Å². The molecule has 0 radical (unpaired) electrons. The van der Waals surface area contributed by atoms with Crippen LogP contribution in [0.15, 0.2) is 48.1 Å². The summed E-state index contributed by atoms with van der Waals surface area (Å²) in [4.78, 5) is 0. The van der Waals surface area contributed by atoms with Crippen LogP contribution in [0, 0.1) is 34.5 Å². The lowest BCUT2D eigenvalue weighted by atomic mass is 9.47. The summed E-state index contributed by atoms with van der Waals surface area (Å²) in [7, 11) is 0. The highest BCUT2D eigenvalue weighted by Gasteiger charge is 2.55. The zero-order valence-electron chi connectivity index (χ0n) is 14.4. The Bertz CT molecular complexity index is 589. The highest BCUT2D eigenvalue weighted by atomic mass is 14.6. The zero-order chi connectivity index (χ0) is 15.5. The molecule has 0 spiro atoms. The van der Waals surface area contributed by atoms with Crippen LogP contribution < -0.4 is 0 Å². The van der Waals surface area contributed by atoms with E-state index in [1.54, 1.807) is 5.57 Å². The van der Waals surface area contributed by atoms with E-state index in [9.17, 15) is 0 Å². The van der Waals surface area contributed by atoms with Gasteiger partial charge in [-0.25, -0.2) is 0 Å². The van der Waals surface area contributed by atoms with E-state index in [0.29, 0.717) is 16.7 Å². The summed E-state index contributed by atoms with van der Waals surface area (Å²) in [5, 5.41) is 0. The lowest BCUT2D eigenvalue weighted by Crippen LogP contribution is -2.48. The Morgan fingerprint density at radius 2 is 2.05 bits per heavy atom. The van der Waals surface area contributed by atoms with Gasteiger partial charge in [-0.15, -0.1) is 0 Å². The first-order chi connectivity index (χ1) is 10.5. The van der Waals surface area contributed by atoms with Crippen LogP contribution in [0.5, 0.6) is 0 Å². The molecule has 0 heterocycles. The second kappa shape index (κ2) is 4.73. The van der Waals surface area contributed by atoms with Crippen LogP contribution in [0.4, 0.5) is 0 Å². The molecule has 118 valence electrons. The lowest BCUT2D eigenvalue weighted by molar-refractivity contribution is -0.00511. The summed E-state index contributed by atoms with van der Waals surface area (Å²) in [5.74, 6) is 3.24. The average Bonchev–Trinajstić information content (AvgIpc) is 2.84. The van der Waals surface area contributed by atoms with Gasteiger partial charge in [-0.05, 0) is 66.8 Å². The maximum absolute atomic E-state index is 4.08. The van der Waals surface area contributed by atoms with Crippen LogP contribution in [0.1, 0.15) is 52.9 Å². The molecule has 0 bridgehead atoms. The van der Waals surface area contributed by atoms with Gasteiger partial charge in [0.05, 0.1) is 0 Å². The summed E-state index contributed by atoms with van der Waals surface area (Å²) in [5.41, 5.74) is 4.03. The third kappa shape index (κ3) is 1.76. The summed E-state index contributed by atoms with van der Waals surface area (Å²) < 4.78 is 0. The second-order valence-electron chi connectivity index (χ2n) is 8.66. The Labute approximate surface area is 136 Å². The maximum atomic E-state index is 4.08. The van der Waals surface area contributed by atoms with Gasteiger partial charge in [-0.3, -0.25) is 0 Å². The molecule has 6 atom stereocenters. The molecule has 2 fully saturated rings. The molecule has 0 nitrogen and oxygen atoms in total. The molecule has 0 aliphatic heterocycles. The van der Waals surface area contributed by atoms with Crippen molar-refractivity contribution in [3.05, 3.63) is 48.1 Å². The quantitative estimate of drug-likeness (QED) is 0.514. The first-order valence-corrected chi connectivity index (χ1v) is 9.22. The molecular formula is C22H30. The number of rotatable bonds is 1. The molecule has 22 heavy (non-hydrogen) atoms. The molecule has 4 aliphatic rings. The fraction of sp³-hybridized carbons (Fsp3) is 0.636. The molecular weight excluding hydrogens is 264 g/mol. The van der Waals surface area contributed by atoms with E-state index in [4.69, 9.17) is 0 Å². The largest absolute Gasteiger partial charge is 0.0988 e. The highest BCUT2D eigenvalue weighted by molar-refractivity contribution is 5.36. The van der Waals surface area contributed by atoms with Crippen LogP contribution in [-0.4, -0.2) is 0 Å². The molecule has 0 saturated heterocycles. The zero-order valence-corrected chi connectivity index (χ0v) is 14.4. The van der Waals surface area contributed by atoms with Gasteiger partial charge < -0.3 is 0 Å². The number of fused-ring (bicyclic) bond motifs is 5. The molecule has 0 heteroatoms. The summed E-state index contributed by atoms with van der Waals surface area (Å²) in [6.45, 7) is 11.4. The van der Waals surface area contributed by atoms with Crippen molar-refractivity contribution in [2.75, 3.05) is 0 Å². The Kier molecular flexibility index (Phi) is 3.13.